The van der Waals surface area contributed by atoms with Gasteiger partial charge in [0.25, 0.3) is 0 Å². The minimum Gasteiger partial charge on any atom is -0.349 e. The summed E-state index contributed by atoms with van der Waals surface area (Å²) in [6, 6.07) is 0.834. The summed E-state index contributed by atoms with van der Waals surface area (Å²) in [7, 11) is 0. The molecule has 2 bridgehead atoms. The van der Waals surface area contributed by atoms with E-state index < -0.39 is 0 Å². The van der Waals surface area contributed by atoms with Crippen molar-refractivity contribution in [2.75, 3.05) is 18.0 Å². The van der Waals surface area contributed by atoms with E-state index in [1.54, 1.807) is 6.42 Å². The molecule has 0 aliphatic heterocycles. The topological polar surface area (TPSA) is 28.2 Å². The van der Waals surface area contributed by atoms with Crippen molar-refractivity contribution in [3.05, 3.63) is 11.1 Å². The standard InChI is InChI=1S/C16H25N3S/c1-3-19(4-2)16-18-9-12(20-16)8-17-15-13-10-5-6-11(7-10)14(13)15/h9-11,13-15,17H,3-8H2,1-2H3. The molecule has 0 radical (unpaired) electrons. The molecule has 110 valence electrons. The zero-order valence-electron chi connectivity index (χ0n) is 12.5. The van der Waals surface area contributed by atoms with Crippen LogP contribution in [0.1, 0.15) is 38.0 Å². The molecule has 3 aliphatic rings. The molecule has 1 heterocycles. The van der Waals surface area contributed by atoms with E-state index in [4.69, 9.17) is 0 Å². The number of fused-ring (bicyclic) bond motifs is 5. The molecular formula is C16H25N3S. The molecule has 3 aliphatic carbocycles. The van der Waals surface area contributed by atoms with E-state index in [1.807, 2.05) is 11.3 Å². The highest BCUT2D eigenvalue weighted by Gasteiger charge is 2.64. The van der Waals surface area contributed by atoms with E-state index in [0.717, 1.165) is 49.3 Å². The lowest BCUT2D eigenvalue weighted by Gasteiger charge is -2.16. The van der Waals surface area contributed by atoms with Gasteiger partial charge in [-0.2, -0.15) is 0 Å². The molecular weight excluding hydrogens is 266 g/mol. The lowest BCUT2D eigenvalue weighted by molar-refractivity contribution is 0.456. The van der Waals surface area contributed by atoms with Crippen LogP contribution in [0.15, 0.2) is 6.20 Å². The van der Waals surface area contributed by atoms with Crippen LogP contribution in [0.25, 0.3) is 0 Å². The minimum atomic E-state index is 0.834. The maximum Gasteiger partial charge on any atom is 0.185 e. The van der Waals surface area contributed by atoms with Crippen molar-refractivity contribution >= 4 is 16.5 Å². The van der Waals surface area contributed by atoms with Crippen molar-refractivity contribution in [3.63, 3.8) is 0 Å². The number of nitrogens with one attached hydrogen (secondary N) is 1. The number of anilines is 1. The first-order valence-corrected chi connectivity index (χ1v) is 9.06. The second-order valence-electron chi connectivity index (χ2n) is 6.68. The Balaban J connectivity index is 1.33. The Labute approximate surface area is 125 Å². The number of nitrogens with zero attached hydrogens (tertiary/aromatic N) is 2. The van der Waals surface area contributed by atoms with Crippen molar-refractivity contribution < 1.29 is 0 Å². The SMILES string of the molecule is CCN(CC)c1ncc(CNC2C3C4CCC(C4)C23)s1. The summed E-state index contributed by atoms with van der Waals surface area (Å²) in [5.74, 6) is 4.19. The number of hydrogen-bond donors (Lipinski definition) is 1. The predicted octanol–water partition coefficient (Wildman–Crippen LogP) is 3.12. The van der Waals surface area contributed by atoms with Gasteiger partial charge in [0.15, 0.2) is 5.13 Å². The van der Waals surface area contributed by atoms with Gasteiger partial charge in [-0.05, 0) is 56.8 Å². The van der Waals surface area contributed by atoms with E-state index in [0.29, 0.717) is 0 Å². The second-order valence-corrected chi connectivity index (χ2v) is 7.77. The van der Waals surface area contributed by atoms with Gasteiger partial charge in [-0.1, -0.05) is 0 Å². The molecule has 4 heteroatoms. The van der Waals surface area contributed by atoms with Gasteiger partial charge in [-0.15, -0.1) is 11.3 Å². The Morgan fingerprint density at radius 3 is 2.60 bits per heavy atom. The lowest BCUT2D eigenvalue weighted by atomic mass is 10.0. The maximum atomic E-state index is 4.58. The average molecular weight is 291 g/mol. The number of rotatable bonds is 6. The van der Waals surface area contributed by atoms with Gasteiger partial charge in [0.2, 0.25) is 0 Å². The van der Waals surface area contributed by atoms with Crippen LogP contribution in [0.5, 0.6) is 0 Å². The first-order valence-electron chi connectivity index (χ1n) is 8.24. The molecule has 0 amide bonds. The molecule has 1 aromatic rings. The van der Waals surface area contributed by atoms with Crippen molar-refractivity contribution in [2.24, 2.45) is 23.7 Å². The van der Waals surface area contributed by atoms with Gasteiger partial charge < -0.3 is 10.2 Å². The summed E-state index contributed by atoms with van der Waals surface area (Å²) in [6.45, 7) is 7.52. The number of thiazole rings is 1. The zero-order chi connectivity index (χ0) is 13.7. The number of aromatic nitrogens is 1. The molecule has 0 spiro atoms. The monoisotopic (exact) mass is 291 g/mol. The van der Waals surface area contributed by atoms with Crippen LogP contribution in [-0.4, -0.2) is 24.1 Å². The molecule has 1 N–H and O–H groups in total. The van der Waals surface area contributed by atoms with E-state index in [2.05, 4.69) is 35.2 Å². The largest absolute Gasteiger partial charge is 0.349 e. The van der Waals surface area contributed by atoms with Crippen LogP contribution in [0.2, 0.25) is 0 Å². The highest BCUT2D eigenvalue weighted by molar-refractivity contribution is 7.15. The fraction of sp³-hybridized carbons (Fsp3) is 0.812. The first-order chi connectivity index (χ1) is 9.81. The molecule has 4 unspecified atom stereocenters. The Kier molecular flexibility index (Phi) is 3.26. The molecule has 3 fully saturated rings. The third-order valence-corrected chi connectivity index (χ3v) is 6.88. The van der Waals surface area contributed by atoms with Crippen LogP contribution in [-0.2, 0) is 6.54 Å². The third kappa shape index (κ3) is 2.00. The third-order valence-electron chi connectivity index (χ3n) is 5.82. The van der Waals surface area contributed by atoms with Crippen LogP contribution in [0.4, 0.5) is 5.13 Å². The van der Waals surface area contributed by atoms with E-state index in [-0.39, 0.29) is 0 Å². The zero-order valence-corrected chi connectivity index (χ0v) is 13.3. The highest BCUT2D eigenvalue weighted by atomic mass is 32.1. The summed E-state index contributed by atoms with van der Waals surface area (Å²) in [5, 5.41) is 5.00. The van der Waals surface area contributed by atoms with Gasteiger partial charge in [0.05, 0.1) is 0 Å². The molecule has 3 saturated carbocycles. The summed E-state index contributed by atoms with van der Waals surface area (Å²) < 4.78 is 0. The van der Waals surface area contributed by atoms with Crippen LogP contribution in [0.3, 0.4) is 0 Å². The van der Waals surface area contributed by atoms with E-state index >= 15 is 0 Å². The Morgan fingerprint density at radius 1 is 1.25 bits per heavy atom. The van der Waals surface area contributed by atoms with Crippen LogP contribution in [0, 0.1) is 23.7 Å². The molecule has 4 atom stereocenters. The molecule has 1 aromatic heterocycles. The quantitative estimate of drug-likeness (QED) is 0.873. The average Bonchev–Trinajstić information content (AvgIpc) is 2.88. The van der Waals surface area contributed by atoms with Crippen molar-refractivity contribution in [1.29, 1.82) is 0 Å². The summed E-state index contributed by atoms with van der Waals surface area (Å²) in [5.41, 5.74) is 0. The van der Waals surface area contributed by atoms with Gasteiger partial charge in [0, 0.05) is 36.8 Å². The summed E-state index contributed by atoms with van der Waals surface area (Å²) >= 11 is 1.86. The first kappa shape index (κ1) is 13.1. The van der Waals surface area contributed by atoms with Crippen molar-refractivity contribution in [3.8, 4) is 0 Å². The van der Waals surface area contributed by atoms with Gasteiger partial charge in [-0.3, -0.25) is 0 Å². The summed E-state index contributed by atoms with van der Waals surface area (Å²) in [4.78, 5) is 8.30. The van der Waals surface area contributed by atoms with Gasteiger partial charge >= 0.3 is 0 Å². The fourth-order valence-electron chi connectivity index (χ4n) is 4.84. The fourth-order valence-corrected chi connectivity index (χ4v) is 5.82. The van der Waals surface area contributed by atoms with Crippen LogP contribution < -0.4 is 10.2 Å². The molecule has 0 aromatic carbocycles. The summed E-state index contributed by atoms with van der Waals surface area (Å²) in [6.07, 6.45) is 6.63. The normalized spacial score (nSPS) is 37.2. The molecule has 4 rings (SSSR count). The highest BCUT2D eigenvalue weighted by Crippen LogP contribution is 2.65. The Bertz CT molecular complexity index is 466. The lowest BCUT2D eigenvalue weighted by Crippen LogP contribution is -2.22. The molecule has 20 heavy (non-hydrogen) atoms. The van der Waals surface area contributed by atoms with Crippen LogP contribution >= 0.6 is 11.3 Å². The van der Waals surface area contributed by atoms with E-state index in [1.165, 1.54) is 22.9 Å². The smallest absolute Gasteiger partial charge is 0.185 e. The van der Waals surface area contributed by atoms with Gasteiger partial charge in [-0.25, -0.2) is 4.98 Å². The maximum absolute atomic E-state index is 4.58. The second kappa shape index (κ2) is 4.99. The minimum absolute atomic E-state index is 0.834. The van der Waals surface area contributed by atoms with E-state index in [9.17, 15) is 0 Å². The van der Waals surface area contributed by atoms with Crippen molar-refractivity contribution in [2.45, 2.75) is 45.7 Å². The van der Waals surface area contributed by atoms with Gasteiger partial charge in [0.1, 0.15) is 0 Å². The molecule has 3 nitrogen and oxygen atoms in total. The predicted molar refractivity (Wildman–Crippen MR) is 84.1 cm³/mol. The number of hydrogen-bond acceptors (Lipinski definition) is 4. The van der Waals surface area contributed by atoms with Crippen molar-refractivity contribution in [1.82, 2.24) is 10.3 Å². The Morgan fingerprint density at radius 2 is 1.95 bits per heavy atom. The molecule has 0 saturated heterocycles. The Hall–Kier alpha value is -0.610.